The maximum absolute atomic E-state index is 12.0. The topological polar surface area (TPSA) is 49.4 Å². The molecule has 1 aliphatic heterocycles. The number of hydrogen-bond donors (Lipinski definition) is 1. The Morgan fingerprint density at radius 2 is 1.68 bits per heavy atom. The summed E-state index contributed by atoms with van der Waals surface area (Å²) < 4.78 is 0. The molecular formula is C18H34N2O2. The van der Waals surface area contributed by atoms with Gasteiger partial charge in [0.25, 0.3) is 0 Å². The molecule has 2 amide bonds. The van der Waals surface area contributed by atoms with Crippen LogP contribution in [-0.2, 0) is 9.59 Å². The Morgan fingerprint density at radius 3 is 2.36 bits per heavy atom. The van der Waals surface area contributed by atoms with E-state index in [0.29, 0.717) is 13.0 Å². The van der Waals surface area contributed by atoms with Crippen LogP contribution < -0.4 is 5.32 Å². The smallest absolute Gasteiger partial charge is 0.225 e. The number of unbranched alkanes of at least 4 members (excludes halogenated alkanes) is 7. The zero-order chi connectivity index (χ0) is 16.2. The van der Waals surface area contributed by atoms with Gasteiger partial charge in [0.1, 0.15) is 0 Å². The van der Waals surface area contributed by atoms with Crippen LogP contribution in [-0.4, -0.2) is 36.3 Å². The summed E-state index contributed by atoms with van der Waals surface area (Å²) >= 11 is 0. The van der Waals surface area contributed by atoms with Crippen molar-refractivity contribution in [3.05, 3.63) is 0 Å². The van der Waals surface area contributed by atoms with E-state index >= 15 is 0 Å². The van der Waals surface area contributed by atoms with Gasteiger partial charge in [0.2, 0.25) is 11.8 Å². The third-order valence-electron chi connectivity index (χ3n) is 4.45. The first-order valence-electron chi connectivity index (χ1n) is 9.24. The Bertz CT molecular complexity index is 331. The summed E-state index contributed by atoms with van der Waals surface area (Å²) in [5.74, 6) is 0.0828. The molecule has 1 saturated heterocycles. The maximum atomic E-state index is 12.0. The molecule has 0 saturated carbocycles. The normalized spacial score (nSPS) is 18.0. The number of nitrogens with zero attached hydrogens (tertiary/aromatic N) is 1. The van der Waals surface area contributed by atoms with Gasteiger partial charge in [-0.05, 0) is 12.8 Å². The highest BCUT2D eigenvalue weighted by atomic mass is 16.2. The van der Waals surface area contributed by atoms with Crippen LogP contribution in [0.25, 0.3) is 0 Å². The molecule has 0 aliphatic carbocycles. The summed E-state index contributed by atoms with van der Waals surface area (Å²) in [4.78, 5) is 25.9. The van der Waals surface area contributed by atoms with Crippen LogP contribution in [0.1, 0.15) is 78.1 Å². The molecule has 128 valence electrons. The molecule has 1 N–H and O–H groups in total. The molecule has 0 aromatic rings. The zero-order valence-electron chi connectivity index (χ0n) is 14.5. The molecule has 1 fully saturated rings. The second-order valence-corrected chi connectivity index (χ2v) is 6.51. The predicted octanol–water partition coefficient (Wildman–Crippen LogP) is 3.50. The molecular weight excluding hydrogens is 276 g/mol. The van der Waals surface area contributed by atoms with E-state index in [0.717, 1.165) is 32.4 Å². The quantitative estimate of drug-likeness (QED) is 0.561. The Labute approximate surface area is 136 Å². The van der Waals surface area contributed by atoms with E-state index in [-0.39, 0.29) is 17.7 Å². The molecule has 1 rings (SSSR count). The third-order valence-corrected chi connectivity index (χ3v) is 4.45. The van der Waals surface area contributed by atoms with Crippen LogP contribution in [0.3, 0.4) is 0 Å². The summed E-state index contributed by atoms with van der Waals surface area (Å²) in [6.07, 6.45) is 11.3. The largest absolute Gasteiger partial charge is 0.356 e. The number of nitrogens with one attached hydrogen (secondary N) is 1. The minimum Gasteiger partial charge on any atom is -0.356 e. The molecule has 4 nitrogen and oxygen atoms in total. The maximum Gasteiger partial charge on any atom is 0.225 e. The third kappa shape index (κ3) is 7.28. The van der Waals surface area contributed by atoms with Crippen molar-refractivity contribution in [1.82, 2.24) is 10.2 Å². The van der Waals surface area contributed by atoms with Crippen LogP contribution in [0.2, 0.25) is 0 Å². The molecule has 1 aliphatic rings. The Balaban J connectivity index is 2.13. The fraction of sp³-hybridized carbons (Fsp3) is 0.889. The first-order chi connectivity index (χ1) is 10.7. The van der Waals surface area contributed by atoms with E-state index in [2.05, 4.69) is 19.2 Å². The van der Waals surface area contributed by atoms with E-state index in [1.807, 2.05) is 4.90 Å². The SMILES string of the molecule is CCCCCCCCCN1CC(C(=O)NCCCC)CC1=O. The molecule has 0 aromatic heterocycles. The first kappa shape index (κ1) is 19.0. The van der Waals surface area contributed by atoms with Gasteiger partial charge in [-0.15, -0.1) is 0 Å². The summed E-state index contributed by atoms with van der Waals surface area (Å²) in [7, 11) is 0. The van der Waals surface area contributed by atoms with Gasteiger partial charge in [-0.2, -0.15) is 0 Å². The standard InChI is InChI=1S/C18H34N2O2/c1-3-5-7-8-9-10-11-13-20-15-16(14-17(20)21)18(22)19-12-6-4-2/h16H,3-15H2,1-2H3,(H,19,22). The number of carbonyl (C=O) groups excluding carboxylic acids is 2. The van der Waals surface area contributed by atoms with E-state index in [1.165, 1.54) is 38.5 Å². The molecule has 0 spiro atoms. The van der Waals surface area contributed by atoms with E-state index in [1.54, 1.807) is 0 Å². The number of likely N-dealkylation sites (tertiary alicyclic amines) is 1. The summed E-state index contributed by atoms with van der Waals surface area (Å²) in [6.45, 7) is 6.51. The van der Waals surface area contributed by atoms with Crippen LogP contribution in [0.5, 0.6) is 0 Å². The lowest BCUT2D eigenvalue weighted by Gasteiger charge is -2.16. The Hall–Kier alpha value is -1.06. The van der Waals surface area contributed by atoms with Crippen molar-refractivity contribution in [3.63, 3.8) is 0 Å². The monoisotopic (exact) mass is 310 g/mol. The second kappa shape index (κ2) is 11.5. The highest BCUT2D eigenvalue weighted by Gasteiger charge is 2.33. The van der Waals surface area contributed by atoms with Crippen LogP contribution in [0, 0.1) is 5.92 Å². The molecule has 0 bridgehead atoms. The Kier molecular flexibility index (Phi) is 9.93. The molecule has 0 aromatic carbocycles. The summed E-state index contributed by atoms with van der Waals surface area (Å²) in [5, 5.41) is 2.94. The van der Waals surface area contributed by atoms with E-state index < -0.39 is 0 Å². The fourth-order valence-corrected chi connectivity index (χ4v) is 2.96. The molecule has 1 heterocycles. The fourth-order valence-electron chi connectivity index (χ4n) is 2.96. The van der Waals surface area contributed by atoms with Crippen molar-refractivity contribution in [3.8, 4) is 0 Å². The zero-order valence-corrected chi connectivity index (χ0v) is 14.5. The average Bonchev–Trinajstić information content (AvgIpc) is 2.88. The molecule has 1 atom stereocenters. The predicted molar refractivity (Wildman–Crippen MR) is 90.6 cm³/mol. The van der Waals surface area contributed by atoms with Gasteiger partial charge in [-0.1, -0.05) is 58.8 Å². The van der Waals surface area contributed by atoms with Crippen molar-refractivity contribution in [2.24, 2.45) is 5.92 Å². The van der Waals surface area contributed by atoms with Crippen molar-refractivity contribution < 1.29 is 9.59 Å². The van der Waals surface area contributed by atoms with Crippen molar-refractivity contribution in [2.75, 3.05) is 19.6 Å². The molecule has 22 heavy (non-hydrogen) atoms. The van der Waals surface area contributed by atoms with Gasteiger partial charge in [0.05, 0.1) is 5.92 Å². The van der Waals surface area contributed by atoms with Gasteiger partial charge >= 0.3 is 0 Å². The average molecular weight is 310 g/mol. The van der Waals surface area contributed by atoms with Crippen molar-refractivity contribution in [2.45, 2.75) is 78.1 Å². The van der Waals surface area contributed by atoms with Gasteiger partial charge in [0, 0.05) is 26.1 Å². The minimum absolute atomic E-state index is 0.0591. The summed E-state index contributed by atoms with van der Waals surface area (Å²) in [6, 6.07) is 0. The minimum atomic E-state index is -0.131. The van der Waals surface area contributed by atoms with Crippen LogP contribution >= 0.6 is 0 Å². The Morgan fingerprint density at radius 1 is 1.05 bits per heavy atom. The highest BCUT2D eigenvalue weighted by molar-refractivity contribution is 5.89. The lowest BCUT2D eigenvalue weighted by atomic mass is 10.1. The molecule has 1 unspecified atom stereocenters. The summed E-state index contributed by atoms with van der Waals surface area (Å²) in [5.41, 5.74) is 0. The van der Waals surface area contributed by atoms with Crippen LogP contribution in [0.15, 0.2) is 0 Å². The first-order valence-corrected chi connectivity index (χ1v) is 9.24. The van der Waals surface area contributed by atoms with E-state index in [4.69, 9.17) is 0 Å². The van der Waals surface area contributed by atoms with Crippen LogP contribution in [0.4, 0.5) is 0 Å². The van der Waals surface area contributed by atoms with Gasteiger partial charge in [-0.25, -0.2) is 0 Å². The number of rotatable bonds is 12. The molecule has 0 radical (unpaired) electrons. The molecule has 4 heteroatoms. The lowest BCUT2D eigenvalue weighted by Crippen LogP contribution is -2.33. The van der Waals surface area contributed by atoms with Crippen molar-refractivity contribution in [1.29, 1.82) is 0 Å². The second-order valence-electron chi connectivity index (χ2n) is 6.51. The highest BCUT2D eigenvalue weighted by Crippen LogP contribution is 2.19. The number of amides is 2. The van der Waals surface area contributed by atoms with E-state index in [9.17, 15) is 9.59 Å². The van der Waals surface area contributed by atoms with Gasteiger partial charge in [-0.3, -0.25) is 9.59 Å². The lowest BCUT2D eigenvalue weighted by molar-refractivity contribution is -0.129. The van der Waals surface area contributed by atoms with Gasteiger partial charge < -0.3 is 10.2 Å². The number of carbonyl (C=O) groups is 2. The number of hydrogen-bond acceptors (Lipinski definition) is 2. The van der Waals surface area contributed by atoms with Gasteiger partial charge in [0.15, 0.2) is 0 Å². The van der Waals surface area contributed by atoms with Crippen molar-refractivity contribution >= 4 is 11.8 Å².